The van der Waals surface area contributed by atoms with Gasteiger partial charge in [0.1, 0.15) is 5.82 Å². The summed E-state index contributed by atoms with van der Waals surface area (Å²) in [4.78, 5) is 10.5. The van der Waals surface area contributed by atoms with Gasteiger partial charge in [0.2, 0.25) is 0 Å². The van der Waals surface area contributed by atoms with Gasteiger partial charge in [-0.3, -0.25) is 10.1 Å². The average molecular weight is 359 g/mol. The molecule has 0 saturated heterocycles. The molecule has 0 amide bonds. The molecule has 1 aromatic heterocycles. The van der Waals surface area contributed by atoms with Crippen molar-refractivity contribution in [2.45, 2.75) is 0 Å². The van der Waals surface area contributed by atoms with E-state index in [1.807, 2.05) is 36.4 Å². The third-order valence-electron chi connectivity index (χ3n) is 4.22. The second kappa shape index (κ2) is 6.84. The van der Waals surface area contributed by atoms with Gasteiger partial charge in [-0.2, -0.15) is 5.10 Å². The van der Waals surface area contributed by atoms with Crippen LogP contribution in [0.15, 0.2) is 84.9 Å². The molecule has 0 aliphatic rings. The summed E-state index contributed by atoms with van der Waals surface area (Å²) >= 11 is 0. The van der Waals surface area contributed by atoms with Gasteiger partial charge in [-0.05, 0) is 42.5 Å². The highest BCUT2D eigenvalue weighted by Gasteiger charge is 2.14. The van der Waals surface area contributed by atoms with Gasteiger partial charge in [0.15, 0.2) is 0 Å². The van der Waals surface area contributed by atoms with E-state index in [4.69, 9.17) is 0 Å². The van der Waals surface area contributed by atoms with Crippen LogP contribution in [0.2, 0.25) is 0 Å². The molecule has 0 radical (unpaired) electrons. The summed E-state index contributed by atoms with van der Waals surface area (Å²) in [5, 5.41) is 15.6. The second-order valence-corrected chi connectivity index (χ2v) is 5.97. The number of halogens is 1. The summed E-state index contributed by atoms with van der Waals surface area (Å²) < 4.78 is 15.0. The van der Waals surface area contributed by atoms with Gasteiger partial charge >= 0.3 is 0 Å². The first kappa shape index (κ1) is 16.7. The Morgan fingerprint density at radius 1 is 0.852 bits per heavy atom. The molecule has 3 aromatic carbocycles. The van der Waals surface area contributed by atoms with Crippen LogP contribution in [0, 0.1) is 15.9 Å². The maximum absolute atomic E-state index is 13.2. The van der Waals surface area contributed by atoms with Crippen LogP contribution < -0.4 is 0 Å². The van der Waals surface area contributed by atoms with E-state index >= 15 is 0 Å². The Balaban J connectivity index is 1.86. The summed E-state index contributed by atoms with van der Waals surface area (Å²) in [5.41, 5.74) is 3.99. The molecule has 1 heterocycles. The van der Waals surface area contributed by atoms with Crippen LogP contribution in [0.4, 0.5) is 10.1 Å². The zero-order valence-corrected chi connectivity index (χ0v) is 14.1. The van der Waals surface area contributed by atoms with Crippen molar-refractivity contribution in [3.05, 3.63) is 101 Å². The smallest absolute Gasteiger partial charge is 0.258 e. The van der Waals surface area contributed by atoms with E-state index in [9.17, 15) is 14.5 Å². The number of hydrogen-bond donors (Lipinski definition) is 0. The lowest BCUT2D eigenvalue weighted by molar-refractivity contribution is -0.384. The number of nitrogens with zero attached hydrogens (tertiary/aromatic N) is 3. The van der Waals surface area contributed by atoms with Crippen LogP contribution in [0.1, 0.15) is 0 Å². The lowest BCUT2D eigenvalue weighted by atomic mass is 10.1. The van der Waals surface area contributed by atoms with E-state index in [2.05, 4.69) is 5.10 Å². The summed E-state index contributed by atoms with van der Waals surface area (Å²) in [6.45, 7) is 0. The number of benzene rings is 3. The molecule has 0 aliphatic heterocycles. The quantitative estimate of drug-likeness (QED) is 0.369. The van der Waals surface area contributed by atoms with Crippen LogP contribution in [-0.2, 0) is 0 Å². The van der Waals surface area contributed by atoms with E-state index < -0.39 is 4.92 Å². The van der Waals surface area contributed by atoms with Gasteiger partial charge in [-0.25, -0.2) is 9.07 Å². The van der Waals surface area contributed by atoms with Crippen molar-refractivity contribution in [1.29, 1.82) is 0 Å². The fraction of sp³-hybridized carbons (Fsp3) is 0. The van der Waals surface area contributed by atoms with Gasteiger partial charge in [0.05, 0.1) is 22.0 Å². The van der Waals surface area contributed by atoms with Crippen LogP contribution in [0.5, 0.6) is 0 Å². The molecule has 6 heteroatoms. The topological polar surface area (TPSA) is 61.0 Å². The van der Waals surface area contributed by atoms with E-state index in [1.165, 1.54) is 24.3 Å². The third kappa shape index (κ3) is 3.32. The molecule has 0 atom stereocenters. The van der Waals surface area contributed by atoms with Gasteiger partial charge in [-0.15, -0.1) is 0 Å². The van der Waals surface area contributed by atoms with Crippen LogP contribution in [-0.4, -0.2) is 14.7 Å². The number of hydrogen-bond acceptors (Lipinski definition) is 3. The minimum Gasteiger partial charge on any atom is -0.258 e. The number of non-ortho nitro benzene ring substituents is 1. The van der Waals surface area contributed by atoms with Crippen molar-refractivity contribution < 1.29 is 9.31 Å². The molecule has 0 spiro atoms. The minimum absolute atomic E-state index is 0.0194. The lowest BCUT2D eigenvalue weighted by Crippen LogP contribution is -1.99. The molecule has 132 valence electrons. The molecule has 0 saturated carbocycles. The molecule has 0 bridgehead atoms. The molecule has 0 aliphatic carbocycles. The van der Waals surface area contributed by atoms with Gasteiger partial charge in [0, 0.05) is 23.3 Å². The molecule has 27 heavy (non-hydrogen) atoms. The van der Waals surface area contributed by atoms with Crippen LogP contribution >= 0.6 is 0 Å². The highest BCUT2D eigenvalue weighted by atomic mass is 19.1. The molecule has 0 fully saturated rings. The normalized spacial score (nSPS) is 10.7. The summed E-state index contributed by atoms with van der Waals surface area (Å²) in [5.74, 6) is -0.308. The highest BCUT2D eigenvalue weighted by molar-refractivity contribution is 5.70. The Bertz CT molecular complexity index is 1090. The van der Waals surface area contributed by atoms with E-state index in [-0.39, 0.29) is 11.5 Å². The Labute approximate surface area is 154 Å². The van der Waals surface area contributed by atoms with Gasteiger partial charge < -0.3 is 0 Å². The molecule has 4 rings (SSSR count). The Hall–Kier alpha value is -3.80. The molecule has 4 aromatic rings. The fourth-order valence-electron chi connectivity index (χ4n) is 2.87. The van der Waals surface area contributed by atoms with Crippen molar-refractivity contribution in [2.24, 2.45) is 0 Å². The first-order valence-corrected chi connectivity index (χ1v) is 8.28. The molecule has 0 unspecified atom stereocenters. The molecular formula is C21H14FN3O2. The van der Waals surface area contributed by atoms with Crippen molar-refractivity contribution in [3.8, 4) is 28.2 Å². The first-order chi connectivity index (χ1) is 13.1. The van der Waals surface area contributed by atoms with Gasteiger partial charge in [-0.1, -0.05) is 30.3 Å². The van der Waals surface area contributed by atoms with E-state index in [0.29, 0.717) is 11.4 Å². The average Bonchev–Trinajstić information content (AvgIpc) is 3.15. The SMILES string of the molecule is O=[N+]([O-])c1ccc(-n2nc(-c3ccc(F)cc3)cc2-c2ccccc2)cc1. The maximum Gasteiger partial charge on any atom is 0.269 e. The molecular weight excluding hydrogens is 345 g/mol. The zero-order chi connectivity index (χ0) is 18.8. The Morgan fingerprint density at radius 2 is 1.52 bits per heavy atom. The minimum atomic E-state index is -0.436. The van der Waals surface area contributed by atoms with Gasteiger partial charge in [0.25, 0.3) is 5.69 Å². The lowest BCUT2D eigenvalue weighted by Gasteiger charge is -2.07. The predicted octanol–water partition coefficient (Wildman–Crippen LogP) is 5.25. The zero-order valence-electron chi connectivity index (χ0n) is 14.1. The largest absolute Gasteiger partial charge is 0.269 e. The fourth-order valence-corrected chi connectivity index (χ4v) is 2.87. The van der Waals surface area contributed by atoms with Crippen molar-refractivity contribution in [1.82, 2.24) is 9.78 Å². The Kier molecular flexibility index (Phi) is 4.22. The number of aromatic nitrogens is 2. The Morgan fingerprint density at radius 3 is 2.15 bits per heavy atom. The second-order valence-electron chi connectivity index (χ2n) is 5.97. The number of nitro benzene ring substituents is 1. The maximum atomic E-state index is 13.2. The van der Waals surface area contributed by atoms with Crippen LogP contribution in [0.25, 0.3) is 28.2 Å². The molecule has 5 nitrogen and oxygen atoms in total. The first-order valence-electron chi connectivity index (χ1n) is 8.28. The van der Waals surface area contributed by atoms with E-state index in [0.717, 1.165) is 16.8 Å². The van der Waals surface area contributed by atoms with Crippen molar-refractivity contribution >= 4 is 5.69 Å². The third-order valence-corrected chi connectivity index (χ3v) is 4.22. The van der Waals surface area contributed by atoms with Crippen molar-refractivity contribution in [3.63, 3.8) is 0 Å². The standard InChI is InChI=1S/C21H14FN3O2/c22-17-8-6-15(7-9-17)20-14-21(16-4-2-1-3-5-16)24(23-20)18-10-12-19(13-11-18)25(26)27/h1-14H. The summed E-state index contributed by atoms with van der Waals surface area (Å²) in [7, 11) is 0. The highest BCUT2D eigenvalue weighted by Crippen LogP contribution is 2.29. The van der Waals surface area contributed by atoms with Crippen LogP contribution in [0.3, 0.4) is 0 Å². The molecule has 0 N–H and O–H groups in total. The number of nitro groups is 1. The predicted molar refractivity (Wildman–Crippen MR) is 101 cm³/mol. The van der Waals surface area contributed by atoms with Crippen molar-refractivity contribution in [2.75, 3.05) is 0 Å². The summed E-state index contributed by atoms with van der Waals surface area (Å²) in [6.07, 6.45) is 0. The van der Waals surface area contributed by atoms with E-state index in [1.54, 1.807) is 28.9 Å². The monoisotopic (exact) mass is 359 g/mol. The summed E-state index contributed by atoms with van der Waals surface area (Å²) in [6, 6.07) is 24.0. The number of rotatable bonds is 4.